The summed E-state index contributed by atoms with van der Waals surface area (Å²) in [5.41, 5.74) is 10.7. The van der Waals surface area contributed by atoms with E-state index in [1.54, 1.807) is 12.1 Å². The minimum atomic E-state index is -0.348. The number of nitrogens with one attached hydrogen (secondary N) is 1. The van der Waals surface area contributed by atoms with Gasteiger partial charge in [0, 0.05) is 28.4 Å². The zero-order valence-electron chi connectivity index (χ0n) is 12.2. The predicted molar refractivity (Wildman–Crippen MR) is 88.3 cm³/mol. The minimum absolute atomic E-state index is 0.348. The lowest BCUT2D eigenvalue weighted by atomic mass is 10.0. The summed E-state index contributed by atoms with van der Waals surface area (Å²) in [5.74, 6) is -0.348. The third kappa shape index (κ3) is 2.35. The largest absolute Gasteiger partial charge is 0.465 e. The second kappa shape index (κ2) is 5.41. The molecule has 0 amide bonds. The highest BCUT2D eigenvalue weighted by molar-refractivity contribution is 6.00. The highest BCUT2D eigenvalue weighted by Crippen LogP contribution is 2.30. The van der Waals surface area contributed by atoms with Gasteiger partial charge in [0.2, 0.25) is 0 Å². The molecule has 0 atom stereocenters. The average molecular weight is 292 g/mol. The average Bonchev–Trinajstić information content (AvgIpc) is 2.97. The van der Waals surface area contributed by atoms with E-state index in [1.165, 1.54) is 7.11 Å². The number of hydrogen-bond donors (Lipinski definition) is 2. The van der Waals surface area contributed by atoms with Gasteiger partial charge in [0.1, 0.15) is 0 Å². The first-order chi connectivity index (χ1) is 10.6. The Hall–Kier alpha value is -3.01. The fourth-order valence-corrected chi connectivity index (χ4v) is 2.50. The summed E-state index contributed by atoms with van der Waals surface area (Å²) in [6.07, 6.45) is 1.92. The van der Waals surface area contributed by atoms with Crippen LogP contribution in [0.4, 0.5) is 0 Å². The van der Waals surface area contributed by atoms with Crippen LogP contribution in [0.25, 0.3) is 27.7 Å². The molecule has 0 aliphatic heterocycles. The van der Waals surface area contributed by atoms with Crippen LogP contribution in [-0.4, -0.2) is 18.1 Å². The SMILES string of the molecule is C=C(N)c1cccc(-c2c[nH]c3cc(C(=O)OC)ccc23)c1. The third-order valence-electron chi connectivity index (χ3n) is 3.65. The Morgan fingerprint density at radius 1 is 1.18 bits per heavy atom. The second-order valence-electron chi connectivity index (χ2n) is 5.06. The Morgan fingerprint density at radius 2 is 2.00 bits per heavy atom. The number of aromatic amines is 1. The molecule has 0 radical (unpaired) electrons. The lowest BCUT2D eigenvalue weighted by Gasteiger charge is -2.05. The number of methoxy groups -OCH3 is 1. The molecule has 0 unspecified atom stereocenters. The quantitative estimate of drug-likeness (QED) is 0.725. The monoisotopic (exact) mass is 292 g/mol. The van der Waals surface area contributed by atoms with Crippen LogP contribution in [0.3, 0.4) is 0 Å². The van der Waals surface area contributed by atoms with E-state index in [0.717, 1.165) is 27.6 Å². The molecule has 1 aromatic heterocycles. The van der Waals surface area contributed by atoms with E-state index in [0.29, 0.717) is 11.3 Å². The molecule has 4 nitrogen and oxygen atoms in total. The number of aromatic nitrogens is 1. The van der Waals surface area contributed by atoms with Crippen LogP contribution in [0.15, 0.2) is 55.2 Å². The van der Waals surface area contributed by atoms with Crippen molar-refractivity contribution in [3.63, 3.8) is 0 Å². The maximum Gasteiger partial charge on any atom is 0.337 e. The Balaban J connectivity index is 2.11. The molecule has 0 fully saturated rings. The fraction of sp³-hybridized carbons (Fsp3) is 0.0556. The minimum Gasteiger partial charge on any atom is -0.465 e. The van der Waals surface area contributed by atoms with Crippen molar-refractivity contribution in [2.24, 2.45) is 5.73 Å². The van der Waals surface area contributed by atoms with Crippen LogP contribution < -0.4 is 5.73 Å². The Bertz CT molecular complexity index is 878. The van der Waals surface area contributed by atoms with Crippen molar-refractivity contribution >= 4 is 22.6 Å². The van der Waals surface area contributed by atoms with E-state index in [2.05, 4.69) is 11.6 Å². The lowest BCUT2D eigenvalue weighted by molar-refractivity contribution is 0.0601. The molecular formula is C18H16N2O2. The van der Waals surface area contributed by atoms with E-state index in [1.807, 2.05) is 36.5 Å². The van der Waals surface area contributed by atoms with Crippen LogP contribution in [0.2, 0.25) is 0 Å². The topological polar surface area (TPSA) is 68.1 Å². The number of nitrogens with two attached hydrogens (primary N) is 1. The molecule has 0 saturated heterocycles. The van der Waals surface area contributed by atoms with E-state index in [-0.39, 0.29) is 5.97 Å². The molecule has 0 aliphatic rings. The molecule has 3 N–H and O–H groups in total. The number of esters is 1. The fourth-order valence-electron chi connectivity index (χ4n) is 2.50. The van der Waals surface area contributed by atoms with Crippen LogP contribution >= 0.6 is 0 Å². The molecule has 2 aromatic carbocycles. The van der Waals surface area contributed by atoms with E-state index >= 15 is 0 Å². The van der Waals surface area contributed by atoms with Gasteiger partial charge in [0.15, 0.2) is 0 Å². The standard InChI is InChI=1S/C18H16N2O2/c1-11(19)12-4-3-5-13(8-12)16-10-20-17-9-14(18(21)22-2)6-7-15(16)17/h3-10,20H,1,19H2,2H3. The summed E-state index contributed by atoms with van der Waals surface area (Å²) < 4.78 is 4.74. The van der Waals surface area contributed by atoms with Gasteiger partial charge in [0.25, 0.3) is 0 Å². The maximum atomic E-state index is 11.6. The van der Waals surface area contributed by atoms with Crippen molar-refractivity contribution in [1.29, 1.82) is 0 Å². The highest BCUT2D eigenvalue weighted by atomic mass is 16.5. The van der Waals surface area contributed by atoms with Gasteiger partial charge in [-0.15, -0.1) is 0 Å². The lowest BCUT2D eigenvalue weighted by Crippen LogP contribution is -2.00. The second-order valence-corrected chi connectivity index (χ2v) is 5.06. The Labute approximate surface area is 128 Å². The molecular weight excluding hydrogens is 276 g/mol. The van der Waals surface area contributed by atoms with Crippen LogP contribution in [0, 0.1) is 0 Å². The third-order valence-corrected chi connectivity index (χ3v) is 3.65. The van der Waals surface area contributed by atoms with Gasteiger partial charge in [0.05, 0.1) is 12.7 Å². The van der Waals surface area contributed by atoms with Crippen LogP contribution in [0.5, 0.6) is 0 Å². The van der Waals surface area contributed by atoms with Crippen molar-refractivity contribution in [3.05, 3.63) is 66.4 Å². The van der Waals surface area contributed by atoms with E-state index in [9.17, 15) is 4.79 Å². The molecule has 3 aromatic rings. The molecule has 0 spiro atoms. The first-order valence-corrected chi connectivity index (χ1v) is 6.85. The van der Waals surface area contributed by atoms with Gasteiger partial charge < -0.3 is 15.5 Å². The molecule has 22 heavy (non-hydrogen) atoms. The summed E-state index contributed by atoms with van der Waals surface area (Å²) in [6, 6.07) is 13.4. The summed E-state index contributed by atoms with van der Waals surface area (Å²) in [4.78, 5) is 14.8. The zero-order valence-corrected chi connectivity index (χ0v) is 12.2. The number of fused-ring (bicyclic) bond motifs is 1. The number of H-pyrrole nitrogens is 1. The normalized spacial score (nSPS) is 10.6. The molecule has 110 valence electrons. The Kier molecular flexibility index (Phi) is 3.43. The van der Waals surface area contributed by atoms with Crippen molar-refractivity contribution in [3.8, 4) is 11.1 Å². The first-order valence-electron chi connectivity index (χ1n) is 6.85. The van der Waals surface area contributed by atoms with E-state index < -0.39 is 0 Å². The van der Waals surface area contributed by atoms with Gasteiger partial charge in [-0.25, -0.2) is 4.79 Å². The predicted octanol–water partition coefficient (Wildman–Crippen LogP) is 3.55. The Morgan fingerprint density at radius 3 is 2.73 bits per heavy atom. The molecule has 0 saturated carbocycles. The van der Waals surface area contributed by atoms with Crippen LogP contribution in [-0.2, 0) is 4.74 Å². The molecule has 4 heteroatoms. The highest BCUT2D eigenvalue weighted by Gasteiger charge is 2.11. The number of rotatable bonds is 3. The summed E-state index contributed by atoms with van der Waals surface area (Å²) >= 11 is 0. The number of benzene rings is 2. The first kappa shape index (κ1) is 13.9. The van der Waals surface area contributed by atoms with Gasteiger partial charge in [-0.1, -0.05) is 30.8 Å². The van der Waals surface area contributed by atoms with E-state index in [4.69, 9.17) is 10.5 Å². The number of carbonyl (C=O) groups excluding carboxylic acids is 1. The van der Waals surface area contributed by atoms with Gasteiger partial charge in [-0.3, -0.25) is 0 Å². The van der Waals surface area contributed by atoms with Crippen molar-refractivity contribution < 1.29 is 9.53 Å². The van der Waals surface area contributed by atoms with Gasteiger partial charge in [-0.2, -0.15) is 0 Å². The van der Waals surface area contributed by atoms with Crippen molar-refractivity contribution in [2.45, 2.75) is 0 Å². The van der Waals surface area contributed by atoms with Crippen LogP contribution in [0.1, 0.15) is 15.9 Å². The van der Waals surface area contributed by atoms with Crippen molar-refractivity contribution in [1.82, 2.24) is 4.98 Å². The zero-order chi connectivity index (χ0) is 15.7. The molecule has 0 aliphatic carbocycles. The summed E-state index contributed by atoms with van der Waals surface area (Å²) in [7, 11) is 1.37. The summed E-state index contributed by atoms with van der Waals surface area (Å²) in [5, 5.41) is 1.03. The molecule has 0 bridgehead atoms. The maximum absolute atomic E-state index is 11.6. The number of hydrogen-bond acceptors (Lipinski definition) is 3. The summed E-state index contributed by atoms with van der Waals surface area (Å²) in [6.45, 7) is 3.77. The molecule has 1 heterocycles. The number of ether oxygens (including phenoxy) is 1. The number of carbonyl (C=O) groups is 1. The van der Waals surface area contributed by atoms with Gasteiger partial charge >= 0.3 is 5.97 Å². The van der Waals surface area contributed by atoms with Gasteiger partial charge in [-0.05, 0) is 29.3 Å². The molecule has 3 rings (SSSR count). The smallest absolute Gasteiger partial charge is 0.337 e. The van der Waals surface area contributed by atoms with Crippen molar-refractivity contribution in [2.75, 3.05) is 7.11 Å².